The van der Waals surface area contributed by atoms with Gasteiger partial charge < -0.3 is 4.57 Å². The summed E-state index contributed by atoms with van der Waals surface area (Å²) in [6.07, 6.45) is 2.23. The van der Waals surface area contributed by atoms with Crippen LogP contribution in [0.1, 0.15) is 24.2 Å². The Hall–Kier alpha value is -1.31. The first-order valence-corrected chi connectivity index (χ1v) is 9.32. The van der Waals surface area contributed by atoms with Crippen LogP contribution < -0.4 is 5.14 Å². The van der Waals surface area contributed by atoms with Crippen molar-refractivity contribution in [3.05, 3.63) is 41.9 Å². The second kappa shape index (κ2) is 5.47. The first kappa shape index (κ1) is 14.6. The van der Waals surface area contributed by atoms with E-state index in [1.165, 1.54) is 10.5 Å². The van der Waals surface area contributed by atoms with Crippen LogP contribution in [0.5, 0.6) is 0 Å². The van der Waals surface area contributed by atoms with Gasteiger partial charge in [0.05, 0.1) is 0 Å². The lowest BCUT2D eigenvalue weighted by atomic mass is 10.0. The Morgan fingerprint density at radius 3 is 2.90 bits per heavy atom. The zero-order valence-electron chi connectivity index (χ0n) is 11.7. The van der Waals surface area contributed by atoms with Crippen LogP contribution in [0.4, 0.5) is 0 Å². The zero-order chi connectivity index (χ0) is 15.0. The number of fused-ring (bicyclic) bond motifs is 1. The van der Waals surface area contributed by atoms with Crippen molar-refractivity contribution in [3.8, 4) is 0 Å². The molecule has 0 spiro atoms. The van der Waals surface area contributed by atoms with Crippen LogP contribution in [0.15, 0.2) is 40.4 Å². The molecule has 1 aromatic carbocycles. The molecule has 1 unspecified atom stereocenters. The summed E-state index contributed by atoms with van der Waals surface area (Å²) in [5.41, 5.74) is 1.33. The first-order valence-electron chi connectivity index (χ1n) is 6.79. The van der Waals surface area contributed by atoms with Gasteiger partial charge in [0.15, 0.2) is 5.03 Å². The van der Waals surface area contributed by atoms with Crippen molar-refractivity contribution < 1.29 is 8.42 Å². The van der Waals surface area contributed by atoms with Gasteiger partial charge in [-0.25, -0.2) is 18.5 Å². The molecule has 2 aromatic rings. The lowest BCUT2D eigenvalue weighted by Gasteiger charge is -2.13. The number of nitrogens with two attached hydrogens (primary N) is 1. The highest BCUT2D eigenvalue weighted by atomic mass is 32.2. The van der Waals surface area contributed by atoms with Crippen LogP contribution >= 0.6 is 11.8 Å². The van der Waals surface area contributed by atoms with E-state index in [4.69, 9.17) is 5.14 Å². The molecule has 0 radical (unpaired) electrons. The molecule has 0 fully saturated rings. The number of nitrogens with zero attached hydrogens (tertiary/aromatic N) is 2. The molecular formula is C14H17N3O2S2. The number of benzene rings is 1. The third-order valence-corrected chi connectivity index (χ3v) is 5.69. The number of primary sulfonamides is 1. The number of thioether (sulfide) groups is 1. The Kier molecular flexibility index (Phi) is 3.81. The fourth-order valence-electron chi connectivity index (χ4n) is 2.62. The number of aromatic nitrogens is 2. The van der Waals surface area contributed by atoms with Gasteiger partial charge in [-0.15, -0.1) is 11.8 Å². The van der Waals surface area contributed by atoms with Gasteiger partial charge >= 0.3 is 0 Å². The summed E-state index contributed by atoms with van der Waals surface area (Å²) >= 11 is 1.84. The van der Waals surface area contributed by atoms with Crippen molar-refractivity contribution in [2.24, 2.45) is 5.14 Å². The monoisotopic (exact) mass is 323 g/mol. The van der Waals surface area contributed by atoms with Crippen molar-refractivity contribution in [3.63, 3.8) is 0 Å². The van der Waals surface area contributed by atoms with Gasteiger partial charge in [-0.2, -0.15) is 0 Å². The van der Waals surface area contributed by atoms with E-state index in [2.05, 4.69) is 17.1 Å². The molecule has 21 heavy (non-hydrogen) atoms. The van der Waals surface area contributed by atoms with E-state index < -0.39 is 10.0 Å². The van der Waals surface area contributed by atoms with Gasteiger partial charge in [-0.05, 0) is 11.6 Å². The summed E-state index contributed by atoms with van der Waals surface area (Å²) in [7, 11) is -3.75. The van der Waals surface area contributed by atoms with Gasteiger partial charge in [0, 0.05) is 35.7 Å². The van der Waals surface area contributed by atoms with Gasteiger partial charge in [0.25, 0.3) is 10.0 Å². The number of aryl methyl sites for hydroxylation is 1. The van der Waals surface area contributed by atoms with Crippen molar-refractivity contribution in [1.29, 1.82) is 0 Å². The van der Waals surface area contributed by atoms with Gasteiger partial charge in [-0.3, -0.25) is 0 Å². The minimum Gasteiger partial charge on any atom is -0.333 e. The maximum Gasteiger partial charge on any atom is 0.257 e. The SMILES string of the molecule is CCc1nc(S(N)(=O)=O)cn1CC1CSc2ccccc21. The van der Waals surface area contributed by atoms with E-state index in [1.54, 1.807) is 6.20 Å². The topological polar surface area (TPSA) is 78.0 Å². The quantitative estimate of drug-likeness (QED) is 0.933. The lowest BCUT2D eigenvalue weighted by Crippen LogP contribution is -2.12. The summed E-state index contributed by atoms with van der Waals surface area (Å²) in [5, 5.41) is 5.13. The molecule has 3 rings (SSSR count). The summed E-state index contributed by atoms with van der Waals surface area (Å²) in [5.74, 6) is 2.14. The van der Waals surface area contributed by atoms with Crippen LogP contribution in [-0.4, -0.2) is 23.7 Å². The number of hydrogen-bond acceptors (Lipinski definition) is 4. The Morgan fingerprint density at radius 2 is 2.19 bits per heavy atom. The van der Waals surface area contributed by atoms with Gasteiger partial charge in [-0.1, -0.05) is 25.1 Å². The van der Waals surface area contributed by atoms with Crippen molar-refractivity contribution in [2.45, 2.75) is 35.7 Å². The van der Waals surface area contributed by atoms with E-state index in [-0.39, 0.29) is 5.03 Å². The maximum absolute atomic E-state index is 11.4. The molecular weight excluding hydrogens is 306 g/mol. The number of sulfonamides is 1. The smallest absolute Gasteiger partial charge is 0.257 e. The molecule has 0 saturated heterocycles. The molecule has 0 amide bonds. The standard InChI is InChI=1S/C14H17N3O2S2/c1-2-13-16-14(21(15,18)19)8-17(13)7-10-9-20-12-6-4-3-5-11(10)12/h3-6,8,10H,2,7,9H2,1H3,(H2,15,18,19). The summed E-state index contributed by atoms with van der Waals surface area (Å²) in [6.45, 7) is 2.69. The Bertz CT molecular complexity index is 768. The fourth-order valence-corrected chi connectivity index (χ4v) is 4.37. The molecule has 0 aliphatic carbocycles. The number of rotatable bonds is 4. The van der Waals surface area contributed by atoms with E-state index in [0.29, 0.717) is 12.3 Å². The zero-order valence-corrected chi connectivity index (χ0v) is 13.3. The van der Waals surface area contributed by atoms with Crippen molar-refractivity contribution in [1.82, 2.24) is 9.55 Å². The lowest BCUT2D eigenvalue weighted by molar-refractivity contribution is 0.580. The summed E-state index contributed by atoms with van der Waals surface area (Å²) in [4.78, 5) is 5.45. The average molecular weight is 323 g/mol. The highest BCUT2D eigenvalue weighted by Gasteiger charge is 2.25. The second-order valence-electron chi connectivity index (χ2n) is 5.09. The summed E-state index contributed by atoms with van der Waals surface area (Å²) < 4.78 is 24.8. The molecule has 112 valence electrons. The first-order chi connectivity index (χ1) is 9.99. The molecule has 2 N–H and O–H groups in total. The summed E-state index contributed by atoms with van der Waals surface area (Å²) in [6, 6.07) is 8.36. The van der Waals surface area contributed by atoms with Crippen molar-refractivity contribution >= 4 is 21.8 Å². The Morgan fingerprint density at radius 1 is 1.43 bits per heavy atom. The van der Waals surface area contributed by atoms with Crippen LogP contribution in [0, 0.1) is 0 Å². The van der Waals surface area contributed by atoms with Gasteiger partial charge in [0.2, 0.25) is 0 Å². The van der Waals surface area contributed by atoms with E-state index in [0.717, 1.165) is 18.1 Å². The number of imidazole rings is 1. The van der Waals surface area contributed by atoms with E-state index in [1.807, 2.05) is 35.4 Å². The fraction of sp³-hybridized carbons (Fsp3) is 0.357. The molecule has 1 aliphatic heterocycles. The molecule has 0 bridgehead atoms. The highest BCUT2D eigenvalue weighted by Crippen LogP contribution is 2.40. The minimum absolute atomic E-state index is 0.0433. The minimum atomic E-state index is -3.75. The molecule has 1 aliphatic rings. The molecule has 1 atom stereocenters. The van der Waals surface area contributed by atoms with Gasteiger partial charge in [0.1, 0.15) is 5.82 Å². The van der Waals surface area contributed by atoms with Crippen LogP contribution in [0.3, 0.4) is 0 Å². The van der Waals surface area contributed by atoms with Crippen LogP contribution in [0.2, 0.25) is 0 Å². The van der Waals surface area contributed by atoms with Crippen LogP contribution in [0.25, 0.3) is 0 Å². The molecule has 1 aromatic heterocycles. The largest absolute Gasteiger partial charge is 0.333 e. The number of hydrogen-bond donors (Lipinski definition) is 1. The average Bonchev–Trinajstić information content (AvgIpc) is 3.03. The second-order valence-corrected chi connectivity index (χ2v) is 7.66. The predicted molar refractivity (Wildman–Crippen MR) is 82.9 cm³/mol. The molecule has 2 heterocycles. The van der Waals surface area contributed by atoms with E-state index >= 15 is 0 Å². The molecule has 5 nitrogen and oxygen atoms in total. The Balaban J connectivity index is 1.91. The molecule has 7 heteroatoms. The third kappa shape index (κ3) is 2.86. The maximum atomic E-state index is 11.4. The third-order valence-electron chi connectivity index (χ3n) is 3.66. The predicted octanol–water partition coefficient (Wildman–Crippen LogP) is 1.98. The normalized spacial score (nSPS) is 17.9. The van der Waals surface area contributed by atoms with Crippen molar-refractivity contribution in [2.75, 3.05) is 5.75 Å². The highest BCUT2D eigenvalue weighted by molar-refractivity contribution is 7.99. The van der Waals surface area contributed by atoms with E-state index in [9.17, 15) is 8.42 Å². The van der Waals surface area contributed by atoms with Crippen LogP contribution in [-0.2, 0) is 23.0 Å². The molecule has 0 saturated carbocycles. The Labute approximate surface area is 128 Å².